The summed E-state index contributed by atoms with van der Waals surface area (Å²) >= 11 is 5.20. The van der Waals surface area contributed by atoms with Crippen molar-refractivity contribution >= 4 is 23.1 Å². The maximum atomic E-state index is 12.3. The van der Waals surface area contributed by atoms with Gasteiger partial charge in [0.1, 0.15) is 0 Å². The Hall–Kier alpha value is -0.680. The predicted octanol–water partition coefficient (Wildman–Crippen LogP) is 1.04. The highest BCUT2D eigenvalue weighted by Crippen LogP contribution is 2.28. The van der Waals surface area contributed by atoms with Gasteiger partial charge >= 0.3 is 0 Å². The predicted molar refractivity (Wildman–Crippen MR) is 76.3 cm³/mol. The van der Waals surface area contributed by atoms with Crippen LogP contribution in [0.4, 0.5) is 0 Å². The molecule has 0 aromatic heterocycles. The first-order valence-corrected chi connectivity index (χ1v) is 7.25. The lowest BCUT2D eigenvalue weighted by Crippen LogP contribution is -2.62. The van der Waals surface area contributed by atoms with Crippen LogP contribution >= 0.6 is 12.2 Å². The van der Waals surface area contributed by atoms with Gasteiger partial charge in [0.25, 0.3) is 0 Å². The van der Waals surface area contributed by atoms with Gasteiger partial charge in [-0.3, -0.25) is 4.79 Å². The van der Waals surface area contributed by atoms with Gasteiger partial charge in [0.2, 0.25) is 5.91 Å². The van der Waals surface area contributed by atoms with Crippen LogP contribution in [-0.2, 0) is 4.79 Å². The Bertz CT molecular complexity index is 331. The topological polar surface area (TPSA) is 58.4 Å². The maximum absolute atomic E-state index is 12.3. The zero-order valence-corrected chi connectivity index (χ0v) is 11.9. The number of rotatable bonds is 3. The SMILES string of the molecule is CN1CCC(NC(=O)C2CCCC2)(C(N)=S)CC1. The van der Waals surface area contributed by atoms with E-state index in [0.717, 1.165) is 38.8 Å². The molecular formula is C13H23N3OS. The molecule has 2 rings (SSSR count). The van der Waals surface area contributed by atoms with E-state index in [1.54, 1.807) is 0 Å². The minimum atomic E-state index is -0.443. The summed E-state index contributed by atoms with van der Waals surface area (Å²) < 4.78 is 0. The average Bonchev–Trinajstić information content (AvgIpc) is 2.85. The van der Waals surface area contributed by atoms with Crippen molar-refractivity contribution in [1.29, 1.82) is 0 Å². The molecule has 1 saturated heterocycles. The van der Waals surface area contributed by atoms with Crippen molar-refractivity contribution in [2.75, 3.05) is 20.1 Å². The molecule has 0 unspecified atom stereocenters. The van der Waals surface area contributed by atoms with Crippen molar-refractivity contribution in [3.8, 4) is 0 Å². The van der Waals surface area contributed by atoms with Crippen molar-refractivity contribution in [2.45, 2.75) is 44.1 Å². The van der Waals surface area contributed by atoms with E-state index in [1.165, 1.54) is 12.8 Å². The fraction of sp³-hybridized carbons (Fsp3) is 0.846. The molecule has 0 spiro atoms. The Morgan fingerprint density at radius 1 is 1.33 bits per heavy atom. The van der Waals surface area contributed by atoms with Crippen molar-refractivity contribution in [3.05, 3.63) is 0 Å². The molecular weight excluding hydrogens is 246 g/mol. The number of nitrogens with zero attached hydrogens (tertiary/aromatic N) is 1. The molecule has 2 fully saturated rings. The van der Waals surface area contributed by atoms with E-state index in [1.807, 2.05) is 0 Å². The Morgan fingerprint density at radius 2 is 1.89 bits per heavy atom. The summed E-state index contributed by atoms with van der Waals surface area (Å²) in [5.74, 6) is 0.334. The van der Waals surface area contributed by atoms with Crippen LogP contribution in [0.25, 0.3) is 0 Å². The van der Waals surface area contributed by atoms with Gasteiger partial charge in [-0.05, 0) is 32.7 Å². The minimum Gasteiger partial charge on any atom is -0.391 e. The summed E-state index contributed by atoms with van der Waals surface area (Å²) in [4.78, 5) is 15.0. The van der Waals surface area contributed by atoms with Crippen LogP contribution in [0.5, 0.6) is 0 Å². The molecule has 18 heavy (non-hydrogen) atoms. The summed E-state index contributed by atoms with van der Waals surface area (Å²) in [7, 11) is 2.09. The van der Waals surface area contributed by atoms with Gasteiger partial charge in [-0.1, -0.05) is 25.1 Å². The Kier molecular flexibility index (Phi) is 4.22. The third-order valence-electron chi connectivity index (χ3n) is 4.40. The molecule has 102 valence electrons. The van der Waals surface area contributed by atoms with Gasteiger partial charge in [-0.2, -0.15) is 0 Å². The zero-order valence-electron chi connectivity index (χ0n) is 11.1. The average molecular weight is 269 g/mol. The lowest BCUT2D eigenvalue weighted by Gasteiger charge is -2.41. The molecule has 1 aliphatic heterocycles. The van der Waals surface area contributed by atoms with E-state index >= 15 is 0 Å². The number of piperidine rings is 1. The maximum Gasteiger partial charge on any atom is 0.223 e. The fourth-order valence-electron chi connectivity index (χ4n) is 2.96. The lowest BCUT2D eigenvalue weighted by molar-refractivity contribution is -0.126. The van der Waals surface area contributed by atoms with Crippen LogP contribution < -0.4 is 11.1 Å². The number of carbonyl (C=O) groups excluding carboxylic acids is 1. The summed E-state index contributed by atoms with van der Waals surface area (Å²) in [6.45, 7) is 1.87. The van der Waals surface area contributed by atoms with Crippen molar-refractivity contribution in [1.82, 2.24) is 10.2 Å². The largest absolute Gasteiger partial charge is 0.391 e. The zero-order chi connectivity index (χ0) is 13.2. The van der Waals surface area contributed by atoms with Crippen LogP contribution in [0.2, 0.25) is 0 Å². The van der Waals surface area contributed by atoms with Gasteiger partial charge in [-0.15, -0.1) is 0 Å². The fourth-order valence-corrected chi connectivity index (χ4v) is 3.21. The summed E-state index contributed by atoms with van der Waals surface area (Å²) in [6, 6.07) is 0. The van der Waals surface area contributed by atoms with Gasteiger partial charge in [-0.25, -0.2) is 0 Å². The molecule has 0 bridgehead atoms. The highest BCUT2D eigenvalue weighted by Gasteiger charge is 2.39. The molecule has 0 radical (unpaired) electrons. The van der Waals surface area contributed by atoms with Crippen LogP contribution in [0, 0.1) is 5.92 Å². The molecule has 2 aliphatic rings. The van der Waals surface area contributed by atoms with Crippen LogP contribution in [0.15, 0.2) is 0 Å². The van der Waals surface area contributed by atoms with E-state index < -0.39 is 5.54 Å². The number of likely N-dealkylation sites (tertiary alicyclic amines) is 1. The standard InChI is InChI=1S/C13H23N3OS/c1-16-8-6-13(7-9-16,12(14)18)15-11(17)10-4-2-3-5-10/h10H,2-9H2,1H3,(H2,14,18)(H,15,17). The van der Waals surface area contributed by atoms with Crippen molar-refractivity contribution in [2.24, 2.45) is 11.7 Å². The minimum absolute atomic E-state index is 0.157. The van der Waals surface area contributed by atoms with E-state index in [-0.39, 0.29) is 11.8 Å². The first-order valence-electron chi connectivity index (χ1n) is 6.84. The van der Waals surface area contributed by atoms with E-state index in [9.17, 15) is 4.79 Å². The quantitative estimate of drug-likeness (QED) is 0.752. The van der Waals surface area contributed by atoms with Gasteiger partial charge in [0.05, 0.1) is 10.5 Å². The number of carbonyl (C=O) groups is 1. The van der Waals surface area contributed by atoms with Crippen molar-refractivity contribution < 1.29 is 4.79 Å². The number of thiocarbonyl (C=S) groups is 1. The molecule has 1 aliphatic carbocycles. The third kappa shape index (κ3) is 2.83. The molecule has 0 aromatic carbocycles. The van der Waals surface area contributed by atoms with Gasteiger partial charge in [0.15, 0.2) is 0 Å². The Morgan fingerprint density at radius 3 is 2.39 bits per heavy atom. The normalized spacial score (nSPS) is 24.9. The molecule has 0 aromatic rings. The van der Waals surface area contributed by atoms with Crippen LogP contribution in [0.3, 0.4) is 0 Å². The number of hydrogen-bond acceptors (Lipinski definition) is 3. The first-order chi connectivity index (χ1) is 8.53. The molecule has 1 heterocycles. The smallest absolute Gasteiger partial charge is 0.223 e. The molecule has 4 nitrogen and oxygen atoms in total. The number of nitrogens with one attached hydrogen (secondary N) is 1. The molecule has 5 heteroatoms. The summed E-state index contributed by atoms with van der Waals surface area (Å²) in [5.41, 5.74) is 5.45. The Balaban J connectivity index is 2.01. The number of nitrogens with two attached hydrogens (primary N) is 1. The number of hydrogen-bond donors (Lipinski definition) is 2. The van der Waals surface area contributed by atoms with E-state index in [4.69, 9.17) is 18.0 Å². The monoisotopic (exact) mass is 269 g/mol. The molecule has 1 saturated carbocycles. The summed E-state index contributed by atoms with van der Waals surface area (Å²) in [5, 5.41) is 3.16. The highest BCUT2D eigenvalue weighted by atomic mass is 32.1. The summed E-state index contributed by atoms with van der Waals surface area (Å²) in [6.07, 6.45) is 6.02. The second-order valence-electron chi connectivity index (χ2n) is 5.72. The van der Waals surface area contributed by atoms with Gasteiger partial charge < -0.3 is 16.0 Å². The third-order valence-corrected chi connectivity index (χ3v) is 4.79. The van der Waals surface area contributed by atoms with Gasteiger partial charge in [0, 0.05) is 19.0 Å². The van der Waals surface area contributed by atoms with Crippen LogP contribution in [0.1, 0.15) is 38.5 Å². The first kappa shape index (κ1) is 13.7. The second kappa shape index (κ2) is 5.53. The van der Waals surface area contributed by atoms with E-state index in [0.29, 0.717) is 4.99 Å². The molecule has 0 atom stereocenters. The molecule has 1 amide bonds. The van der Waals surface area contributed by atoms with Crippen LogP contribution in [-0.4, -0.2) is 41.5 Å². The van der Waals surface area contributed by atoms with E-state index in [2.05, 4.69) is 17.3 Å². The van der Waals surface area contributed by atoms with Crippen molar-refractivity contribution in [3.63, 3.8) is 0 Å². The Labute approximate surface area is 114 Å². The molecule has 3 N–H and O–H groups in total. The second-order valence-corrected chi connectivity index (χ2v) is 6.16. The number of amides is 1. The highest BCUT2D eigenvalue weighted by molar-refractivity contribution is 7.80. The lowest BCUT2D eigenvalue weighted by atomic mass is 9.86.